The van der Waals surface area contributed by atoms with Gasteiger partial charge in [-0.05, 0) is 109 Å². The third-order valence-corrected chi connectivity index (χ3v) is 13.4. The van der Waals surface area contributed by atoms with Crippen LogP contribution >= 0.6 is 23.2 Å². The van der Waals surface area contributed by atoms with Gasteiger partial charge in [-0.15, -0.1) is 0 Å². The quantitative estimate of drug-likeness (QED) is 0.0901. The van der Waals surface area contributed by atoms with E-state index < -0.39 is 52.7 Å². The van der Waals surface area contributed by atoms with Crippen LogP contribution in [0.4, 0.5) is 11.4 Å². The second-order valence-corrected chi connectivity index (χ2v) is 16.8. The molecule has 10 nitrogen and oxygen atoms in total. The number of fused-ring (bicyclic) bond motifs is 4. The van der Waals surface area contributed by atoms with Crippen LogP contribution in [0.15, 0.2) is 121 Å². The lowest BCUT2D eigenvalue weighted by Crippen LogP contribution is -2.53. The van der Waals surface area contributed by atoms with Crippen LogP contribution in [0.1, 0.15) is 56.9 Å². The molecule has 2 aliphatic heterocycles. The number of methoxy groups -OCH3 is 1. The molecule has 12 heteroatoms. The molecular weight excluding hydrogens is 801 g/mol. The van der Waals surface area contributed by atoms with Gasteiger partial charge in [-0.3, -0.25) is 34.3 Å². The molecular formula is C48H39Cl2N3O7. The van der Waals surface area contributed by atoms with E-state index in [1.165, 1.54) is 11.0 Å². The standard InChI is InChI=1S/C48H39Cl2N3O7/c1-25-21-29(22-26(2)42(25)54)41-34-18-19-35-40(46(58)52(44(35)56)32-14-9-28(10-15-32)43(55)27-7-5-4-6-8-27)36(34)24-37-45(57)53(51-39-20-13-31(49)23-38(39)50)47(59)48(37,41)30-11-16-33(60-3)17-12-30/h4-18,20-23,35-37,40-41,51,54H,19,24H2,1-3H3. The predicted molar refractivity (Wildman–Crippen MR) is 227 cm³/mol. The lowest BCUT2D eigenvalue weighted by atomic mass is 9.49. The topological polar surface area (TPSA) is 133 Å². The highest BCUT2D eigenvalue weighted by molar-refractivity contribution is 6.36. The van der Waals surface area contributed by atoms with Gasteiger partial charge in [0.25, 0.3) is 11.8 Å². The van der Waals surface area contributed by atoms with Gasteiger partial charge in [-0.2, -0.15) is 5.01 Å². The molecule has 2 heterocycles. The molecule has 3 fully saturated rings. The van der Waals surface area contributed by atoms with Gasteiger partial charge in [0.15, 0.2) is 5.78 Å². The first-order valence-electron chi connectivity index (χ1n) is 19.7. The number of hydrazine groups is 1. The summed E-state index contributed by atoms with van der Waals surface area (Å²) < 4.78 is 5.50. The van der Waals surface area contributed by atoms with Crippen LogP contribution in [-0.4, -0.2) is 46.6 Å². The number of phenols is 1. The molecule has 0 radical (unpaired) electrons. The third-order valence-electron chi connectivity index (χ3n) is 12.9. The van der Waals surface area contributed by atoms with E-state index in [1.807, 2.05) is 24.3 Å². The minimum Gasteiger partial charge on any atom is -0.507 e. The Morgan fingerprint density at radius 1 is 0.800 bits per heavy atom. The molecule has 5 aromatic rings. The number of ether oxygens (including phenoxy) is 1. The lowest BCUT2D eigenvalue weighted by Gasteiger charge is -2.50. The monoisotopic (exact) mass is 839 g/mol. The highest BCUT2D eigenvalue weighted by atomic mass is 35.5. The van der Waals surface area contributed by atoms with Crippen LogP contribution in [0.3, 0.4) is 0 Å². The van der Waals surface area contributed by atoms with Crippen LogP contribution in [0.5, 0.6) is 11.5 Å². The number of allylic oxidation sites excluding steroid dienone is 2. The smallest absolute Gasteiger partial charge is 0.260 e. The van der Waals surface area contributed by atoms with Crippen molar-refractivity contribution in [1.82, 2.24) is 5.01 Å². The largest absolute Gasteiger partial charge is 0.507 e. The number of aromatic hydroxyl groups is 1. The van der Waals surface area contributed by atoms with Crippen molar-refractivity contribution in [3.05, 3.63) is 164 Å². The van der Waals surface area contributed by atoms with Crippen molar-refractivity contribution in [1.29, 1.82) is 0 Å². The van der Waals surface area contributed by atoms with Crippen molar-refractivity contribution in [3.63, 3.8) is 0 Å². The van der Waals surface area contributed by atoms with Gasteiger partial charge in [0, 0.05) is 22.1 Å². The molecule has 1 saturated carbocycles. The molecule has 302 valence electrons. The number of halogens is 2. The van der Waals surface area contributed by atoms with Crippen molar-refractivity contribution in [2.45, 2.75) is 38.0 Å². The first-order valence-corrected chi connectivity index (χ1v) is 20.4. The van der Waals surface area contributed by atoms with Crippen LogP contribution in [0, 0.1) is 37.5 Å². The summed E-state index contributed by atoms with van der Waals surface area (Å²) >= 11 is 12.8. The second-order valence-electron chi connectivity index (χ2n) is 16.0. The van der Waals surface area contributed by atoms with Crippen LogP contribution in [0.25, 0.3) is 0 Å². The number of hydrogen-bond donors (Lipinski definition) is 2. The van der Waals surface area contributed by atoms with E-state index in [1.54, 1.807) is 106 Å². The zero-order valence-corrected chi connectivity index (χ0v) is 34.3. The molecule has 2 N–H and O–H groups in total. The third kappa shape index (κ3) is 5.95. The van der Waals surface area contributed by atoms with Crippen LogP contribution < -0.4 is 15.1 Å². The van der Waals surface area contributed by atoms with E-state index in [0.29, 0.717) is 55.5 Å². The molecule has 6 atom stereocenters. The number of ketones is 1. The number of amides is 4. The van der Waals surface area contributed by atoms with E-state index in [0.717, 1.165) is 10.6 Å². The average Bonchev–Trinajstić information content (AvgIpc) is 3.64. The Labute approximate surface area is 356 Å². The molecule has 5 aromatic carbocycles. The summed E-state index contributed by atoms with van der Waals surface area (Å²) in [7, 11) is 1.54. The first kappa shape index (κ1) is 39.2. The van der Waals surface area contributed by atoms with Crippen LogP contribution in [-0.2, 0) is 24.6 Å². The van der Waals surface area contributed by atoms with E-state index in [9.17, 15) is 19.5 Å². The molecule has 4 amide bonds. The van der Waals surface area contributed by atoms with Gasteiger partial charge in [0.2, 0.25) is 11.8 Å². The second kappa shape index (κ2) is 14.8. The fraction of sp³-hybridized carbons (Fsp3) is 0.229. The molecule has 4 aliphatic rings. The van der Waals surface area contributed by atoms with Crippen molar-refractivity contribution >= 4 is 64.0 Å². The highest BCUT2D eigenvalue weighted by Gasteiger charge is 2.70. The van der Waals surface area contributed by atoms with Gasteiger partial charge >= 0.3 is 0 Å². The summed E-state index contributed by atoms with van der Waals surface area (Å²) in [5, 5.41) is 12.6. The summed E-state index contributed by atoms with van der Waals surface area (Å²) in [4.78, 5) is 74.2. The molecule has 0 aromatic heterocycles. The van der Waals surface area contributed by atoms with Crippen LogP contribution in [0.2, 0.25) is 10.0 Å². The Bertz CT molecular complexity index is 2640. The first-order chi connectivity index (χ1) is 28.8. The number of imide groups is 2. The summed E-state index contributed by atoms with van der Waals surface area (Å²) in [6.45, 7) is 3.56. The molecule has 2 aliphatic carbocycles. The number of anilines is 2. The fourth-order valence-electron chi connectivity index (χ4n) is 10.1. The average molecular weight is 841 g/mol. The van der Waals surface area contributed by atoms with E-state index in [-0.39, 0.29) is 35.3 Å². The Kier molecular flexibility index (Phi) is 9.68. The summed E-state index contributed by atoms with van der Waals surface area (Å²) in [6, 6.07) is 30.8. The van der Waals surface area contributed by atoms with Gasteiger partial charge < -0.3 is 9.84 Å². The lowest BCUT2D eigenvalue weighted by molar-refractivity contribution is -0.138. The Morgan fingerprint density at radius 3 is 2.12 bits per heavy atom. The fourth-order valence-corrected chi connectivity index (χ4v) is 10.6. The number of nitrogens with one attached hydrogen (secondary N) is 1. The van der Waals surface area contributed by atoms with E-state index in [4.69, 9.17) is 27.9 Å². The molecule has 9 rings (SSSR count). The highest BCUT2D eigenvalue weighted by Crippen LogP contribution is 2.64. The minimum atomic E-state index is -1.55. The zero-order valence-electron chi connectivity index (χ0n) is 32.8. The summed E-state index contributed by atoms with van der Waals surface area (Å²) in [5.74, 6) is -5.33. The molecule has 0 bridgehead atoms. The molecule has 60 heavy (non-hydrogen) atoms. The van der Waals surface area contributed by atoms with Crippen molar-refractivity contribution in [3.8, 4) is 11.5 Å². The maximum Gasteiger partial charge on any atom is 0.260 e. The number of carbonyl (C=O) groups is 5. The number of nitrogens with zero attached hydrogens (tertiary/aromatic N) is 2. The minimum absolute atomic E-state index is 0.0834. The Hall–Kier alpha value is -6.23. The number of aryl methyl sites for hydroxylation is 2. The maximum atomic E-state index is 15.6. The van der Waals surface area contributed by atoms with Gasteiger partial charge in [0.1, 0.15) is 11.5 Å². The molecule has 0 spiro atoms. The number of phenolic OH excluding ortho intramolecular Hbond substituents is 1. The zero-order chi connectivity index (χ0) is 42.2. The van der Waals surface area contributed by atoms with E-state index in [2.05, 4.69) is 5.43 Å². The normalized spacial score (nSPS) is 24.5. The number of carbonyl (C=O) groups excluding carboxylic acids is 5. The number of benzene rings is 5. The molecule has 2 saturated heterocycles. The van der Waals surface area contributed by atoms with Crippen molar-refractivity contribution < 1.29 is 33.8 Å². The number of hydrogen-bond acceptors (Lipinski definition) is 8. The van der Waals surface area contributed by atoms with E-state index >= 15 is 9.59 Å². The predicted octanol–water partition coefficient (Wildman–Crippen LogP) is 8.74. The summed E-state index contributed by atoms with van der Waals surface area (Å²) in [5.41, 5.74) is 6.20. The van der Waals surface area contributed by atoms with Gasteiger partial charge in [-0.1, -0.05) is 89.4 Å². The van der Waals surface area contributed by atoms with Gasteiger partial charge in [0.05, 0.1) is 46.7 Å². The van der Waals surface area contributed by atoms with Crippen molar-refractivity contribution in [2.24, 2.45) is 23.7 Å². The van der Waals surface area contributed by atoms with Gasteiger partial charge in [-0.25, -0.2) is 0 Å². The van der Waals surface area contributed by atoms with Crippen molar-refractivity contribution in [2.75, 3.05) is 17.4 Å². The summed E-state index contributed by atoms with van der Waals surface area (Å²) in [6.07, 6.45) is 2.29. The SMILES string of the molecule is COc1ccc(C23C(=O)N(Nc4ccc(Cl)cc4Cl)C(=O)C2CC2C(=CCC4C(=O)N(c5ccc(C(=O)c6ccccc6)cc5)C(=O)C42)C3c2cc(C)c(O)c(C)c2)cc1. The molecule has 6 unspecified atom stereocenters. The maximum absolute atomic E-state index is 15.6. The Morgan fingerprint density at radius 2 is 1.47 bits per heavy atom. The number of rotatable bonds is 8. The Balaban J connectivity index is 1.18.